The van der Waals surface area contributed by atoms with Gasteiger partial charge < -0.3 is 4.74 Å². The van der Waals surface area contributed by atoms with Crippen molar-refractivity contribution in [2.75, 3.05) is 6.61 Å². The zero-order valence-electron chi connectivity index (χ0n) is 12.8. The molecule has 0 saturated carbocycles. The number of rotatable bonds is 9. The van der Waals surface area contributed by atoms with Gasteiger partial charge in [0, 0.05) is 6.04 Å². The summed E-state index contributed by atoms with van der Waals surface area (Å²) in [5, 5.41) is 3.43. The quantitative estimate of drug-likeness (QED) is 0.484. The first-order chi connectivity index (χ1) is 8.74. The Kier molecular flexibility index (Phi) is 17.5. The zero-order valence-corrected chi connectivity index (χ0v) is 12.8. The lowest BCUT2D eigenvalue weighted by molar-refractivity contribution is 0.0520. The van der Waals surface area contributed by atoms with Crippen molar-refractivity contribution >= 4 is 0 Å². The molecule has 1 N–H and O–H groups in total. The number of nitrogens with one attached hydrogen (secondary N) is 1. The molecule has 1 atom stereocenters. The maximum absolute atomic E-state index is 5.60. The van der Waals surface area contributed by atoms with E-state index in [0.717, 1.165) is 12.8 Å². The highest BCUT2D eigenvalue weighted by Gasteiger charge is 2.06. The number of hydrogen-bond acceptors (Lipinski definition) is 2. The summed E-state index contributed by atoms with van der Waals surface area (Å²) in [6.45, 7) is 14.7. The first kappa shape index (κ1) is 19.5. The third kappa shape index (κ3) is 13.2. The van der Waals surface area contributed by atoms with E-state index in [4.69, 9.17) is 4.74 Å². The van der Waals surface area contributed by atoms with E-state index < -0.39 is 0 Å². The highest BCUT2D eigenvalue weighted by atomic mass is 16.5. The maximum atomic E-state index is 5.60. The Balaban J connectivity index is 0. The largest absolute Gasteiger partial charge is 0.360 e. The van der Waals surface area contributed by atoms with Crippen molar-refractivity contribution in [3.8, 4) is 0 Å². The van der Waals surface area contributed by atoms with Crippen LogP contribution in [0.3, 0.4) is 0 Å². The van der Waals surface area contributed by atoms with Crippen LogP contribution in [0.1, 0.15) is 47.5 Å². The summed E-state index contributed by atoms with van der Waals surface area (Å²) in [6, 6.07) is 0.555. The predicted molar refractivity (Wildman–Crippen MR) is 82.7 cm³/mol. The summed E-state index contributed by atoms with van der Waals surface area (Å²) in [6.07, 6.45) is 11.9. The lowest BCUT2D eigenvalue weighted by Crippen LogP contribution is -2.37. The highest BCUT2D eigenvalue weighted by Crippen LogP contribution is 1.99. The number of hydrogen-bond donors (Lipinski definition) is 1. The average Bonchev–Trinajstić information content (AvgIpc) is 2.42. The zero-order chi connectivity index (χ0) is 14.2. The smallest absolute Gasteiger partial charge is 0.105 e. The van der Waals surface area contributed by atoms with Crippen molar-refractivity contribution < 1.29 is 4.74 Å². The van der Waals surface area contributed by atoms with Gasteiger partial charge in [0.15, 0.2) is 0 Å². The van der Waals surface area contributed by atoms with Gasteiger partial charge in [-0.3, -0.25) is 5.32 Å². The van der Waals surface area contributed by atoms with Crippen LogP contribution in [0.4, 0.5) is 0 Å². The molecule has 106 valence electrons. The topological polar surface area (TPSA) is 21.3 Å². The first-order valence-corrected chi connectivity index (χ1v) is 7.06. The summed E-state index contributed by atoms with van der Waals surface area (Å²) in [5.41, 5.74) is 0. The Morgan fingerprint density at radius 3 is 2.22 bits per heavy atom. The molecule has 0 aromatic heterocycles. The van der Waals surface area contributed by atoms with Gasteiger partial charge in [0.25, 0.3) is 0 Å². The number of ether oxygens (including phenoxy) is 1. The molecule has 0 amide bonds. The minimum Gasteiger partial charge on any atom is -0.360 e. The molecular weight excluding hydrogens is 222 g/mol. The predicted octanol–water partition coefficient (Wildman–Crippen LogP) is 4.45. The summed E-state index contributed by atoms with van der Waals surface area (Å²) in [7, 11) is 0. The molecule has 0 rings (SSSR count). The monoisotopic (exact) mass is 253 g/mol. The molecular formula is C16H31NO. The molecule has 0 aromatic rings. The Morgan fingerprint density at radius 1 is 1.11 bits per heavy atom. The van der Waals surface area contributed by atoms with E-state index in [2.05, 4.69) is 25.7 Å². The van der Waals surface area contributed by atoms with E-state index in [-0.39, 0.29) is 6.23 Å². The summed E-state index contributed by atoms with van der Waals surface area (Å²) < 4.78 is 5.60. The van der Waals surface area contributed by atoms with Crippen LogP contribution in [0.5, 0.6) is 0 Å². The summed E-state index contributed by atoms with van der Waals surface area (Å²) >= 11 is 0. The SMILES string of the molecule is C=C/C=C\C=C\COC(C)NC(CC)CC.CC. The van der Waals surface area contributed by atoms with Crippen LogP contribution >= 0.6 is 0 Å². The molecule has 0 spiro atoms. The lowest BCUT2D eigenvalue weighted by atomic mass is 10.2. The molecule has 2 nitrogen and oxygen atoms in total. The second-order valence-corrected chi connectivity index (χ2v) is 3.70. The van der Waals surface area contributed by atoms with Crippen LogP contribution in [-0.4, -0.2) is 18.9 Å². The third-order valence-electron chi connectivity index (χ3n) is 2.39. The first-order valence-electron chi connectivity index (χ1n) is 7.06. The summed E-state index contributed by atoms with van der Waals surface area (Å²) in [5.74, 6) is 0. The van der Waals surface area contributed by atoms with Gasteiger partial charge in [-0.25, -0.2) is 0 Å². The molecule has 0 radical (unpaired) electrons. The summed E-state index contributed by atoms with van der Waals surface area (Å²) in [4.78, 5) is 0. The molecule has 0 bridgehead atoms. The van der Waals surface area contributed by atoms with Crippen molar-refractivity contribution in [3.05, 3.63) is 37.0 Å². The molecule has 0 aliphatic heterocycles. The van der Waals surface area contributed by atoms with Crippen molar-refractivity contribution in [2.24, 2.45) is 0 Å². The molecule has 0 aromatic carbocycles. The van der Waals surface area contributed by atoms with Crippen LogP contribution in [0, 0.1) is 0 Å². The second kappa shape index (κ2) is 16.1. The second-order valence-electron chi connectivity index (χ2n) is 3.70. The minimum atomic E-state index is 0.109. The molecule has 1 unspecified atom stereocenters. The lowest BCUT2D eigenvalue weighted by Gasteiger charge is -2.20. The van der Waals surface area contributed by atoms with E-state index in [9.17, 15) is 0 Å². The molecule has 18 heavy (non-hydrogen) atoms. The third-order valence-corrected chi connectivity index (χ3v) is 2.39. The minimum absolute atomic E-state index is 0.109. The van der Waals surface area contributed by atoms with E-state index >= 15 is 0 Å². The van der Waals surface area contributed by atoms with Crippen molar-refractivity contribution in [1.82, 2.24) is 5.32 Å². The van der Waals surface area contributed by atoms with Crippen molar-refractivity contribution in [3.63, 3.8) is 0 Å². The van der Waals surface area contributed by atoms with Gasteiger partial charge in [0.05, 0.1) is 6.61 Å². The van der Waals surface area contributed by atoms with Crippen molar-refractivity contribution in [2.45, 2.75) is 59.7 Å². The van der Waals surface area contributed by atoms with E-state index in [1.54, 1.807) is 6.08 Å². The fourth-order valence-corrected chi connectivity index (χ4v) is 1.38. The molecule has 0 heterocycles. The van der Waals surface area contributed by atoms with Gasteiger partial charge in [-0.15, -0.1) is 0 Å². The normalized spacial score (nSPS) is 12.8. The molecule has 0 aliphatic rings. The van der Waals surface area contributed by atoms with Gasteiger partial charge >= 0.3 is 0 Å². The maximum Gasteiger partial charge on any atom is 0.105 e. The van der Waals surface area contributed by atoms with E-state index in [0.29, 0.717) is 12.6 Å². The fraction of sp³-hybridized carbons (Fsp3) is 0.625. The van der Waals surface area contributed by atoms with Gasteiger partial charge in [-0.05, 0) is 19.8 Å². The average molecular weight is 253 g/mol. The molecule has 0 fully saturated rings. The van der Waals surface area contributed by atoms with Crippen LogP contribution in [0.2, 0.25) is 0 Å². The van der Waals surface area contributed by atoms with Crippen LogP contribution < -0.4 is 5.32 Å². The van der Waals surface area contributed by atoms with Gasteiger partial charge in [-0.1, -0.05) is 64.7 Å². The van der Waals surface area contributed by atoms with E-state index in [1.807, 2.05) is 45.1 Å². The highest BCUT2D eigenvalue weighted by molar-refractivity contribution is 5.08. The van der Waals surface area contributed by atoms with Gasteiger partial charge in [-0.2, -0.15) is 0 Å². The van der Waals surface area contributed by atoms with Crippen LogP contribution in [0.25, 0.3) is 0 Å². The fourth-order valence-electron chi connectivity index (χ4n) is 1.38. The van der Waals surface area contributed by atoms with Crippen LogP contribution in [-0.2, 0) is 4.74 Å². The van der Waals surface area contributed by atoms with Crippen LogP contribution in [0.15, 0.2) is 37.0 Å². The molecule has 0 aliphatic carbocycles. The molecule has 0 saturated heterocycles. The van der Waals surface area contributed by atoms with Gasteiger partial charge in [0.2, 0.25) is 0 Å². The Morgan fingerprint density at radius 2 is 1.72 bits per heavy atom. The Labute approximate surface area is 114 Å². The van der Waals surface area contributed by atoms with Crippen molar-refractivity contribution in [1.29, 1.82) is 0 Å². The van der Waals surface area contributed by atoms with E-state index in [1.165, 1.54) is 0 Å². The molecule has 2 heteroatoms. The van der Waals surface area contributed by atoms with Gasteiger partial charge in [0.1, 0.15) is 6.23 Å². The Bertz CT molecular complexity index is 217. The Hall–Kier alpha value is -0.860. The number of allylic oxidation sites excluding steroid dienone is 4. The standard InChI is InChI=1S/C14H25NO.C2H6/c1-5-8-9-10-11-12-16-13(4)15-14(6-2)7-3;1-2/h5,8-11,13-15H,1,6-7,12H2,2-4H3;1-2H3/b9-8-,11-10+;.